The van der Waals surface area contributed by atoms with Crippen molar-refractivity contribution in [1.29, 1.82) is 0 Å². The fraction of sp³-hybridized carbons (Fsp3) is 0.500. The molecule has 1 aromatic rings. The average molecular weight is 411 g/mol. The fourth-order valence-electron chi connectivity index (χ4n) is 3.03. The van der Waals surface area contributed by atoms with Crippen molar-refractivity contribution in [1.82, 2.24) is 10.6 Å². The predicted molar refractivity (Wildman–Crippen MR) is 104 cm³/mol. The Bertz CT molecular complexity index is 897. The van der Waals surface area contributed by atoms with Gasteiger partial charge in [0.15, 0.2) is 6.10 Å². The van der Waals surface area contributed by atoms with Gasteiger partial charge in [-0.15, -0.1) is 0 Å². The van der Waals surface area contributed by atoms with Crippen LogP contribution in [0.2, 0.25) is 0 Å². The second-order valence-electron chi connectivity index (χ2n) is 7.12. The molecule has 1 aromatic carbocycles. The number of fused-ring (bicyclic) bond motifs is 1. The summed E-state index contributed by atoms with van der Waals surface area (Å²) in [5, 5.41) is 4.60. The highest BCUT2D eigenvalue weighted by atomic mass is 32.2. The Hall–Kier alpha value is -2.62. The molecule has 0 radical (unpaired) electrons. The molecule has 9 nitrogen and oxygen atoms in total. The molecule has 2 N–H and O–H groups in total. The van der Waals surface area contributed by atoms with Crippen LogP contribution >= 0.6 is 0 Å². The minimum absolute atomic E-state index is 0.147. The largest absolute Gasteiger partial charge is 0.449 e. The summed E-state index contributed by atoms with van der Waals surface area (Å²) in [6.07, 6.45) is 0.427. The van der Waals surface area contributed by atoms with Gasteiger partial charge in [-0.2, -0.15) is 0 Å². The summed E-state index contributed by atoms with van der Waals surface area (Å²) in [5.74, 6) is -1.48. The summed E-state index contributed by atoms with van der Waals surface area (Å²) in [6.45, 7) is 6.63. The highest BCUT2D eigenvalue weighted by Crippen LogP contribution is 2.34. The minimum Gasteiger partial charge on any atom is -0.449 e. The molecule has 0 aromatic heterocycles. The third-order valence-corrected chi connectivity index (χ3v) is 5.41. The van der Waals surface area contributed by atoms with E-state index in [-0.39, 0.29) is 17.6 Å². The lowest BCUT2D eigenvalue weighted by molar-refractivity contribution is -0.127. The molecule has 0 saturated carbocycles. The summed E-state index contributed by atoms with van der Waals surface area (Å²) in [4.78, 5) is 35.9. The third kappa shape index (κ3) is 5.00. The van der Waals surface area contributed by atoms with Crippen molar-refractivity contribution >= 4 is 33.6 Å². The Kier molecular flexibility index (Phi) is 6.33. The normalized spacial score (nSPS) is 17.1. The molecule has 1 aliphatic heterocycles. The van der Waals surface area contributed by atoms with Gasteiger partial charge in [0.25, 0.3) is 5.91 Å². The molecule has 3 amide bonds. The van der Waals surface area contributed by atoms with Gasteiger partial charge in [-0.05, 0) is 57.9 Å². The fourth-order valence-corrected chi connectivity index (χ4v) is 4.29. The zero-order chi connectivity index (χ0) is 21.2. The van der Waals surface area contributed by atoms with Crippen LogP contribution in [0.3, 0.4) is 0 Å². The maximum atomic E-state index is 12.3. The topological polar surface area (TPSA) is 122 Å². The summed E-state index contributed by atoms with van der Waals surface area (Å²) in [7, 11) is -3.42. The van der Waals surface area contributed by atoms with Crippen molar-refractivity contribution in [3.8, 4) is 0 Å². The van der Waals surface area contributed by atoms with Crippen LogP contribution in [0.25, 0.3) is 0 Å². The van der Waals surface area contributed by atoms with Gasteiger partial charge < -0.3 is 10.1 Å². The Morgan fingerprint density at radius 3 is 2.43 bits per heavy atom. The van der Waals surface area contributed by atoms with Gasteiger partial charge in [-0.25, -0.2) is 18.0 Å². The van der Waals surface area contributed by atoms with E-state index in [0.29, 0.717) is 17.7 Å². The SMILES string of the molecule is CC(C)NC(=O)NC(=O)[C@H](C)OC(=O)c1ccc2c(c1)C[C@H](C)N2S(C)(=O)=O. The van der Waals surface area contributed by atoms with E-state index >= 15 is 0 Å². The molecule has 0 fully saturated rings. The van der Waals surface area contributed by atoms with Crippen molar-refractivity contribution in [2.75, 3.05) is 10.6 Å². The van der Waals surface area contributed by atoms with E-state index in [1.165, 1.54) is 17.3 Å². The van der Waals surface area contributed by atoms with Gasteiger partial charge in [0.2, 0.25) is 10.0 Å². The van der Waals surface area contributed by atoms with Crippen LogP contribution in [-0.2, 0) is 26.0 Å². The van der Waals surface area contributed by atoms with Crippen LogP contribution in [0, 0.1) is 0 Å². The minimum atomic E-state index is -3.42. The first kappa shape index (κ1) is 21.7. The number of nitrogens with one attached hydrogen (secondary N) is 2. The van der Waals surface area contributed by atoms with Crippen molar-refractivity contribution in [2.45, 2.75) is 52.3 Å². The van der Waals surface area contributed by atoms with E-state index in [0.717, 1.165) is 6.26 Å². The second-order valence-corrected chi connectivity index (χ2v) is 8.98. The number of sulfonamides is 1. The van der Waals surface area contributed by atoms with E-state index in [2.05, 4.69) is 10.6 Å². The van der Waals surface area contributed by atoms with Crippen molar-refractivity contribution in [3.63, 3.8) is 0 Å². The number of urea groups is 1. The Labute approximate surface area is 164 Å². The maximum absolute atomic E-state index is 12.3. The van der Waals surface area contributed by atoms with E-state index in [1.54, 1.807) is 32.9 Å². The van der Waals surface area contributed by atoms with Crippen LogP contribution in [-0.4, -0.2) is 50.8 Å². The number of carbonyl (C=O) groups is 3. The second kappa shape index (κ2) is 8.17. The Morgan fingerprint density at radius 2 is 1.86 bits per heavy atom. The summed E-state index contributed by atoms with van der Waals surface area (Å²) in [5.41, 5.74) is 1.44. The third-order valence-electron chi connectivity index (χ3n) is 4.14. The van der Waals surface area contributed by atoms with Gasteiger partial charge in [0.05, 0.1) is 17.5 Å². The molecule has 0 saturated heterocycles. The van der Waals surface area contributed by atoms with E-state index in [9.17, 15) is 22.8 Å². The van der Waals surface area contributed by atoms with E-state index in [1.807, 2.05) is 0 Å². The molecule has 2 atom stereocenters. The average Bonchev–Trinajstić information content (AvgIpc) is 2.88. The van der Waals surface area contributed by atoms with Crippen LogP contribution in [0.15, 0.2) is 18.2 Å². The molecule has 0 spiro atoms. The maximum Gasteiger partial charge on any atom is 0.338 e. The summed E-state index contributed by atoms with van der Waals surface area (Å²) >= 11 is 0. The first-order valence-corrected chi connectivity index (χ1v) is 10.7. The number of carbonyl (C=O) groups excluding carboxylic acids is 3. The van der Waals surface area contributed by atoms with Crippen LogP contribution in [0.4, 0.5) is 10.5 Å². The van der Waals surface area contributed by atoms with Crippen molar-refractivity contribution < 1.29 is 27.5 Å². The number of hydrogen-bond donors (Lipinski definition) is 2. The van der Waals surface area contributed by atoms with Gasteiger partial charge >= 0.3 is 12.0 Å². The summed E-state index contributed by atoms with van der Waals surface area (Å²) < 4.78 is 30.4. The van der Waals surface area contributed by atoms with Gasteiger partial charge in [-0.3, -0.25) is 14.4 Å². The molecule has 10 heteroatoms. The highest BCUT2D eigenvalue weighted by molar-refractivity contribution is 7.92. The lowest BCUT2D eigenvalue weighted by atomic mass is 10.1. The number of benzene rings is 1. The smallest absolute Gasteiger partial charge is 0.338 e. The van der Waals surface area contributed by atoms with Crippen molar-refractivity contribution in [2.24, 2.45) is 0 Å². The van der Waals surface area contributed by atoms with E-state index in [4.69, 9.17) is 4.74 Å². The molecule has 154 valence electrons. The lowest BCUT2D eigenvalue weighted by Crippen LogP contribution is -2.46. The number of esters is 1. The first-order chi connectivity index (χ1) is 12.9. The Morgan fingerprint density at radius 1 is 1.21 bits per heavy atom. The molecule has 28 heavy (non-hydrogen) atoms. The number of imide groups is 1. The van der Waals surface area contributed by atoms with Crippen LogP contribution in [0.5, 0.6) is 0 Å². The number of nitrogens with zero attached hydrogens (tertiary/aromatic N) is 1. The number of ether oxygens (including phenoxy) is 1. The Balaban J connectivity index is 2.07. The van der Waals surface area contributed by atoms with Crippen molar-refractivity contribution in [3.05, 3.63) is 29.3 Å². The zero-order valence-corrected chi connectivity index (χ0v) is 17.3. The van der Waals surface area contributed by atoms with Crippen LogP contribution < -0.4 is 14.9 Å². The summed E-state index contributed by atoms with van der Waals surface area (Å²) in [6, 6.07) is 3.50. The van der Waals surface area contributed by atoms with Gasteiger partial charge in [-0.1, -0.05) is 0 Å². The lowest BCUT2D eigenvalue weighted by Gasteiger charge is -2.22. The van der Waals surface area contributed by atoms with Gasteiger partial charge in [0.1, 0.15) is 0 Å². The molecular weight excluding hydrogens is 386 g/mol. The molecule has 0 bridgehead atoms. The first-order valence-electron chi connectivity index (χ1n) is 8.84. The molecule has 2 rings (SSSR count). The molecule has 0 unspecified atom stereocenters. The number of rotatable bonds is 5. The van der Waals surface area contributed by atoms with Gasteiger partial charge in [0, 0.05) is 12.1 Å². The van der Waals surface area contributed by atoms with E-state index < -0.39 is 34.0 Å². The quantitative estimate of drug-likeness (QED) is 0.702. The molecule has 0 aliphatic carbocycles. The highest BCUT2D eigenvalue weighted by Gasteiger charge is 2.33. The monoisotopic (exact) mass is 411 g/mol. The molecule has 1 heterocycles. The molecule has 1 aliphatic rings. The number of hydrogen-bond acceptors (Lipinski definition) is 6. The molecular formula is C18H25N3O6S. The number of anilines is 1. The standard InChI is InChI=1S/C18H25N3O6S/c1-10(2)19-18(24)20-16(22)12(4)27-17(23)13-6-7-15-14(9-13)8-11(3)21(15)28(5,25)26/h6-7,9-12H,8H2,1-5H3,(H2,19,20,22,24)/t11-,12-/m0/s1. The number of amides is 3. The predicted octanol–water partition coefficient (Wildman–Crippen LogP) is 1.18. The van der Waals surface area contributed by atoms with Crippen LogP contribution in [0.1, 0.15) is 43.6 Å². The zero-order valence-electron chi connectivity index (χ0n) is 16.5.